The Morgan fingerprint density at radius 2 is 1.38 bits per heavy atom. The number of hydrogen-bond acceptors (Lipinski definition) is 4. The van der Waals surface area contributed by atoms with Crippen LogP contribution in [0.2, 0.25) is 0 Å². The third kappa shape index (κ3) is 20.4. The van der Waals surface area contributed by atoms with Crippen LogP contribution in [0.4, 0.5) is 0 Å². The molecule has 148 valence electrons. The van der Waals surface area contributed by atoms with Crippen LogP contribution in [0, 0.1) is 0 Å². The fourth-order valence-electron chi connectivity index (χ4n) is 2.60. The number of allylic oxidation sites excluding steroid dienone is 1. The van der Waals surface area contributed by atoms with E-state index < -0.39 is 15.9 Å². The predicted octanol–water partition coefficient (Wildman–Crippen LogP) is 1.25. The Morgan fingerprint density at radius 3 is 1.85 bits per heavy atom. The number of hydrogen-bond donors (Lipinski definition) is 0. The van der Waals surface area contributed by atoms with Gasteiger partial charge >= 0.3 is 29.6 Å². The first-order valence-corrected chi connectivity index (χ1v) is 11.3. The van der Waals surface area contributed by atoms with Gasteiger partial charge in [-0.2, -0.15) is 0 Å². The summed E-state index contributed by atoms with van der Waals surface area (Å²) in [5.41, 5.74) is 0. The van der Waals surface area contributed by atoms with Gasteiger partial charge in [-0.25, -0.2) is 8.42 Å². The first-order valence-electron chi connectivity index (χ1n) is 9.72. The molecule has 0 aliphatic rings. The molecule has 0 heterocycles. The van der Waals surface area contributed by atoms with Crippen LogP contribution in [-0.4, -0.2) is 43.1 Å². The Bertz CT molecular complexity index is 466. The molecule has 0 spiro atoms. The van der Waals surface area contributed by atoms with Crippen LogP contribution in [0.1, 0.15) is 84.0 Å². The third-order valence-electron chi connectivity index (χ3n) is 4.29. The molecule has 0 bridgehead atoms. The summed E-state index contributed by atoms with van der Waals surface area (Å²) in [6.07, 6.45) is 18.4. The molecular weight excluding hydrogens is 361 g/mol. The standard InChI is InChI=1S/C19H37NO4S.Na/c1-3-4-5-6-7-8-9-10-11-12-13-14-15-16-19(21)20(2)17-18-25(22,23)24;/h15-16H,3-14,17-18H2,1-2H3,(H,22,23,24);/q;+1/p-1/b16-15+;. The van der Waals surface area contributed by atoms with Gasteiger partial charge in [0.2, 0.25) is 5.91 Å². The summed E-state index contributed by atoms with van der Waals surface area (Å²) in [7, 11) is -2.77. The molecule has 0 N–H and O–H groups in total. The third-order valence-corrected chi connectivity index (χ3v) is 4.97. The van der Waals surface area contributed by atoms with Crippen LogP contribution < -0.4 is 29.6 Å². The number of nitrogens with zero attached hydrogens (tertiary/aromatic N) is 1. The van der Waals surface area contributed by atoms with E-state index in [2.05, 4.69) is 6.92 Å². The summed E-state index contributed by atoms with van der Waals surface area (Å²) in [6, 6.07) is 0. The number of likely N-dealkylation sites (N-methyl/N-ethyl adjacent to an activating group) is 1. The molecule has 0 atom stereocenters. The Morgan fingerprint density at radius 1 is 0.923 bits per heavy atom. The molecule has 0 fully saturated rings. The van der Waals surface area contributed by atoms with Crippen LogP contribution >= 0.6 is 0 Å². The van der Waals surface area contributed by atoms with Gasteiger partial charge in [-0.1, -0.05) is 77.2 Å². The number of amides is 1. The maximum absolute atomic E-state index is 11.7. The van der Waals surface area contributed by atoms with Crippen molar-refractivity contribution in [2.24, 2.45) is 0 Å². The van der Waals surface area contributed by atoms with Crippen molar-refractivity contribution in [3.63, 3.8) is 0 Å². The van der Waals surface area contributed by atoms with Gasteiger partial charge in [-0.15, -0.1) is 0 Å². The minimum Gasteiger partial charge on any atom is -0.748 e. The van der Waals surface area contributed by atoms with Crippen molar-refractivity contribution < 1.29 is 47.3 Å². The van der Waals surface area contributed by atoms with E-state index in [1.54, 1.807) is 0 Å². The molecule has 0 saturated heterocycles. The number of unbranched alkanes of at least 4 members (excludes halogenated alkanes) is 11. The van der Waals surface area contributed by atoms with E-state index in [0.717, 1.165) is 12.8 Å². The number of carbonyl (C=O) groups is 1. The minimum atomic E-state index is -4.27. The maximum atomic E-state index is 11.7. The van der Waals surface area contributed by atoms with E-state index >= 15 is 0 Å². The zero-order chi connectivity index (χ0) is 19.0. The van der Waals surface area contributed by atoms with E-state index in [1.165, 1.54) is 82.2 Å². The van der Waals surface area contributed by atoms with Crippen molar-refractivity contribution >= 4 is 16.0 Å². The van der Waals surface area contributed by atoms with Gasteiger partial charge in [0.15, 0.2) is 0 Å². The van der Waals surface area contributed by atoms with Gasteiger partial charge in [0.25, 0.3) is 0 Å². The summed E-state index contributed by atoms with van der Waals surface area (Å²) in [6.45, 7) is 2.18. The summed E-state index contributed by atoms with van der Waals surface area (Å²) >= 11 is 0. The second kappa shape index (κ2) is 18.5. The Kier molecular flexibility index (Phi) is 20.1. The van der Waals surface area contributed by atoms with Gasteiger partial charge in [0, 0.05) is 13.6 Å². The molecule has 5 nitrogen and oxygen atoms in total. The molecule has 0 saturated carbocycles. The molecule has 7 heteroatoms. The normalized spacial score (nSPS) is 11.5. The summed E-state index contributed by atoms with van der Waals surface area (Å²) < 4.78 is 31.6. The van der Waals surface area contributed by atoms with Crippen molar-refractivity contribution in [1.29, 1.82) is 0 Å². The molecule has 0 aromatic heterocycles. The van der Waals surface area contributed by atoms with Crippen molar-refractivity contribution in [2.45, 2.75) is 84.0 Å². The quantitative estimate of drug-likeness (QED) is 0.170. The van der Waals surface area contributed by atoms with Crippen LogP contribution in [-0.2, 0) is 14.9 Å². The van der Waals surface area contributed by atoms with Gasteiger partial charge < -0.3 is 9.45 Å². The Balaban J connectivity index is 0. The molecule has 1 amide bonds. The molecule has 26 heavy (non-hydrogen) atoms. The van der Waals surface area contributed by atoms with Gasteiger partial charge in [-0.05, 0) is 18.9 Å². The number of carbonyl (C=O) groups excluding carboxylic acids is 1. The minimum absolute atomic E-state index is 0. The molecule has 0 rings (SSSR count). The van der Waals surface area contributed by atoms with E-state index in [9.17, 15) is 17.8 Å². The molecule has 0 radical (unpaired) electrons. The van der Waals surface area contributed by atoms with Crippen LogP contribution in [0.25, 0.3) is 0 Å². The van der Waals surface area contributed by atoms with Gasteiger partial charge in [0.05, 0.1) is 15.9 Å². The fourth-order valence-corrected chi connectivity index (χ4v) is 3.09. The van der Waals surface area contributed by atoms with Crippen molar-refractivity contribution in [1.82, 2.24) is 4.90 Å². The zero-order valence-corrected chi connectivity index (χ0v) is 19.9. The Hall–Kier alpha value is 0.120. The first-order chi connectivity index (χ1) is 11.9. The first kappa shape index (κ1) is 28.3. The maximum Gasteiger partial charge on any atom is 1.00 e. The van der Waals surface area contributed by atoms with Gasteiger partial charge in [-0.3, -0.25) is 4.79 Å². The monoisotopic (exact) mass is 397 g/mol. The van der Waals surface area contributed by atoms with E-state index in [0.29, 0.717) is 0 Å². The second-order valence-electron chi connectivity index (χ2n) is 6.75. The molecule has 0 aliphatic heterocycles. The summed E-state index contributed by atoms with van der Waals surface area (Å²) in [5.74, 6) is -0.798. The molecule has 0 aromatic carbocycles. The molecular formula is C19H36NNaO4S. The predicted molar refractivity (Wildman–Crippen MR) is 102 cm³/mol. The van der Waals surface area contributed by atoms with Crippen molar-refractivity contribution in [3.05, 3.63) is 12.2 Å². The van der Waals surface area contributed by atoms with Crippen molar-refractivity contribution in [2.75, 3.05) is 19.3 Å². The second-order valence-corrected chi connectivity index (χ2v) is 8.27. The smallest absolute Gasteiger partial charge is 0.748 e. The van der Waals surface area contributed by atoms with E-state index in [4.69, 9.17) is 0 Å². The van der Waals surface area contributed by atoms with Crippen LogP contribution in [0.15, 0.2) is 12.2 Å². The molecule has 0 aliphatic carbocycles. The molecule has 0 unspecified atom stereocenters. The van der Waals surface area contributed by atoms with Crippen molar-refractivity contribution in [3.8, 4) is 0 Å². The summed E-state index contributed by atoms with van der Waals surface area (Å²) in [5, 5.41) is 0. The van der Waals surface area contributed by atoms with Crippen LogP contribution in [0.3, 0.4) is 0 Å². The van der Waals surface area contributed by atoms with Crippen LogP contribution in [0.5, 0.6) is 0 Å². The number of rotatable bonds is 16. The fraction of sp³-hybridized carbons (Fsp3) is 0.842. The van der Waals surface area contributed by atoms with Gasteiger partial charge in [0.1, 0.15) is 0 Å². The van der Waals surface area contributed by atoms with E-state index in [-0.39, 0.29) is 42.0 Å². The average Bonchev–Trinajstić information content (AvgIpc) is 2.56. The average molecular weight is 398 g/mol. The summed E-state index contributed by atoms with van der Waals surface area (Å²) in [4.78, 5) is 13.0. The SMILES string of the molecule is CCCCCCCCCCCCC/C=C/C(=O)N(C)CCS(=O)(=O)[O-].[Na+]. The zero-order valence-electron chi connectivity index (χ0n) is 17.0. The Labute approximate surface area is 183 Å². The van der Waals surface area contributed by atoms with E-state index in [1.807, 2.05) is 6.08 Å². The topological polar surface area (TPSA) is 77.5 Å². The largest absolute Gasteiger partial charge is 1.00 e. The molecule has 0 aromatic rings.